The van der Waals surface area contributed by atoms with Gasteiger partial charge in [0.1, 0.15) is 0 Å². The van der Waals surface area contributed by atoms with Crippen molar-refractivity contribution in [2.75, 3.05) is 33.8 Å². The number of hydrogen-bond acceptors (Lipinski definition) is 3. The molecule has 0 aromatic rings. The van der Waals surface area contributed by atoms with Crippen LogP contribution < -0.4 is 5.32 Å². The van der Waals surface area contributed by atoms with Crippen LogP contribution in [0.2, 0.25) is 0 Å². The van der Waals surface area contributed by atoms with E-state index >= 15 is 0 Å². The highest BCUT2D eigenvalue weighted by molar-refractivity contribution is 4.93. The first kappa shape index (κ1) is 16.9. The summed E-state index contributed by atoms with van der Waals surface area (Å²) >= 11 is 0. The summed E-state index contributed by atoms with van der Waals surface area (Å²) in [5.74, 6) is 0.775. The molecule has 3 heteroatoms. The van der Waals surface area contributed by atoms with Crippen LogP contribution in [0.5, 0.6) is 0 Å². The SMILES string of the molecule is CNC1C(CN(C)CCCCCO)CCCC1(C)C. The van der Waals surface area contributed by atoms with Crippen LogP contribution in [-0.4, -0.2) is 49.8 Å². The Morgan fingerprint density at radius 2 is 2.00 bits per heavy atom. The number of aliphatic hydroxyl groups is 1. The maximum absolute atomic E-state index is 8.79. The van der Waals surface area contributed by atoms with Crippen molar-refractivity contribution in [3.8, 4) is 0 Å². The Morgan fingerprint density at radius 1 is 1.26 bits per heavy atom. The average molecular weight is 270 g/mol. The van der Waals surface area contributed by atoms with Gasteiger partial charge in [0.2, 0.25) is 0 Å². The lowest BCUT2D eigenvalue weighted by Crippen LogP contribution is -2.51. The number of hydrogen-bond donors (Lipinski definition) is 2. The van der Waals surface area contributed by atoms with Gasteiger partial charge in [-0.1, -0.05) is 20.3 Å². The Labute approximate surface area is 119 Å². The first-order chi connectivity index (χ1) is 9.01. The Hall–Kier alpha value is -0.120. The molecular formula is C16H34N2O. The summed E-state index contributed by atoms with van der Waals surface area (Å²) in [5, 5.41) is 12.4. The molecule has 0 aromatic carbocycles. The molecular weight excluding hydrogens is 236 g/mol. The Morgan fingerprint density at radius 3 is 2.63 bits per heavy atom. The molecule has 0 aliphatic heterocycles. The molecule has 1 rings (SSSR count). The molecule has 0 spiro atoms. The highest BCUT2D eigenvalue weighted by atomic mass is 16.2. The lowest BCUT2D eigenvalue weighted by molar-refractivity contribution is 0.0899. The van der Waals surface area contributed by atoms with Crippen LogP contribution in [-0.2, 0) is 0 Å². The lowest BCUT2D eigenvalue weighted by atomic mass is 9.68. The van der Waals surface area contributed by atoms with Gasteiger partial charge in [-0.2, -0.15) is 0 Å². The maximum Gasteiger partial charge on any atom is 0.0431 e. The van der Waals surface area contributed by atoms with Crippen molar-refractivity contribution in [1.29, 1.82) is 0 Å². The predicted molar refractivity (Wildman–Crippen MR) is 82.4 cm³/mol. The number of aliphatic hydroxyl groups excluding tert-OH is 1. The molecule has 19 heavy (non-hydrogen) atoms. The Balaban J connectivity index is 2.37. The average Bonchev–Trinajstić information content (AvgIpc) is 2.34. The fourth-order valence-electron chi connectivity index (χ4n) is 3.77. The van der Waals surface area contributed by atoms with Crippen molar-refractivity contribution in [2.45, 2.75) is 58.4 Å². The van der Waals surface area contributed by atoms with Crippen molar-refractivity contribution in [1.82, 2.24) is 10.2 Å². The van der Waals surface area contributed by atoms with E-state index in [1.54, 1.807) is 0 Å². The van der Waals surface area contributed by atoms with Crippen LogP contribution in [0.1, 0.15) is 52.4 Å². The third-order valence-corrected chi connectivity index (χ3v) is 4.76. The molecule has 2 N–H and O–H groups in total. The first-order valence-electron chi connectivity index (χ1n) is 7.98. The molecule has 1 fully saturated rings. The molecule has 0 bridgehead atoms. The molecule has 0 aromatic heterocycles. The van der Waals surface area contributed by atoms with Crippen molar-refractivity contribution in [2.24, 2.45) is 11.3 Å². The van der Waals surface area contributed by atoms with E-state index < -0.39 is 0 Å². The van der Waals surface area contributed by atoms with E-state index in [1.165, 1.54) is 32.2 Å². The van der Waals surface area contributed by atoms with E-state index in [2.05, 4.69) is 38.2 Å². The second-order valence-electron chi connectivity index (χ2n) is 6.95. The lowest BCUT2D eigenvalue weighted by Gasteiger charge is -2.45. The highest BCUT2D eigenvalue weighted by Crippen LogP contribution is 2.39. The van der Waals surface area contributed by atoms with E-state index in [1.807, 2.05) is 0 Å². The van der Waals surface area contributed by atoms with E-state index in [0.29, 0.717) is 18.1 Å². The number of nitrogens with one attached hydrogen (secondary N) is 1. The van der Waals surface area contributed by atoms with Gasteiger partial charge >= 0.3 is 0 Å². The van der Waals surface area contributed by atoms with Gasteiger partial charge in [0.25, 0.3) is 0 Å². The molecule has 1 saturated carbocycles. The number of rotatable bonds is 8. The third-order valence-electron chi connectivity index (χ3n) is 4.76. The van der Waals surface area contributed by atoms with Gasteiger partial charge in [-0.25, -0.2) is 0 Å². The smallest absolute Gasteiger partial charge is 0.0431 e. The summed E-state index contributed by atoms with van der Waals surface area (Å²) in [7, 11) is 4.36. The molecule has 0 radical (unpaired) electrons. The standard InChI is InChI=1S/C16H34N2O/c1-16(2)10-8-9-14(15(16)17-3)13-18(4)11-6-5-7-12-19/h14-15,17,19H,5-13H2,1-4H3. The molecule has 2 unspecified atom stereocenters. The maximum atomic E-state index is 8.79. The number of unbranched alkanes of at least 4 members (excludes halogenated alkanes) is 2. The molecule has 3 nitrogen and oxygen atoms in total. The monoisotopic (exact) mass is 270 g/mol. The van der Waals surface area contributed by atoms with Crippen molar-refractivity contribution < 1.29 is 5.11 Å². The zero-order valence-corrected chi connectivity index (χ0v) is 13.4. The largest absolute Gasteiger partial charge is 0.396 e. The molecule has 2 atom stereocenters. The second kappa shape index (κ2) is 8.23. The van der Waals surface area contributed by atoms with E-state index in [0.717, 1.165) is 25.3 Å². The zero-order chi connectivity index (χ0) is 14.3. The van der Waals surface area contributed by atoms with Crippen LogP contribution in [0, 0.1) is 11.3 Å². The zero-order valence-electron chi connectivity index (χ0n) is 13.4. The fourth-order valence-corrected chi connectivity index (χ4v) is 3.77. The minimum absolute atomic E-state index is 0.336. The summed E-state index contributed by atoms with van der Waals surface area (Å²) in [6.07, 6.45) is 7.37. The topological polar surface area (TPSA) is 35.5 Å². The van der Waals surface area contributed by atoms with Crippen LogP contribution in [0.15, 0.2) is 0 Å². The minimum atomic E-state index is 0.336. The normalized spacial score (nSPS) is 26.8. The highest BCUT2D eigenvalue weighted by Gasteiger charge is 2.37. The second-order valence-corrected chi connectivity index (χ2v) is 6.95. The number of nitrogens with zero attached hydrogens (tertiary/aromatic N) is 1. The molecule has 1 aliphatic rings. The summed E-state index contributed by atoms with van der Waals surface area (Å²) in [6.45, 7) is 7.51. The van der Waals surface area contributed by atoms with Gasteiger partial charge in [0.05, 0.1) is 0 Å². The van der Waals surface area contributed by atoms with Gasteiger partial charge in [-0.05, 0) is 64.1 Å². The summed E-state index contributed by atoms with van der Waals surface area (Å²) in [5.41, 5.74) is 0.426. The van der Waals surface area contributed by atoms with Gasteiger partial charge in [0.15, 0.2) is 0 Å². The van der Waals surface area contributed by atoms with Gasteiger partial charge < -0.3 is 15.3 Å². The molecule has 0 saturated heterocycles. The van der Waals surface area contributed by atoms with Gasteiger partial charge in [0, 0.05) is 19.2 Å². The summed E-state index contributed by atoms with van der Waals surface area (Å²) in [4.78, 5) is 2.48. The molecule has 0 heterocycles. The fraction of sp³-hybridized carbons (Fsp3) is 1.00. The molecule has 0 amide bonds. The first-order valence-corrected chi connectivity index (χ1v) is 7.98. The van der Waals surface area contributed by atoms with Gasteiger partial charge in [-0.3, -0.25) is 0 Å². The minimum Gasteiger partial charge on any atom is -0.396 e. The van der Waals surface area contributed by atoms with Crippen LogP contribution in [0.4, 0.5) is 0 Å². The van der Waals surface area contributed by atoms with E-state index in [9.17, 15) is 0 Å². The van der Waals surface area contributed by atoms with Crippen molar-refractivity contribution in [3.63, 3.8) is 0 Å². The van der Waals surface area contributed by atoms with E-state index in [4.69, 9.17) is 5.11 Å². The van der Waals surface area contributed by atoms with E-state index in [-0.39, 0.29) is 0 Å². The van der Waals surface area contributed by atoms with Gasteiger partial charge in [-0.15, -0.1) is 0 Å². The summed E-state index contributed by atoms with van der Waals surface area (Å²) in [6, 6.07) is 0.640. The third kappa shape index (κ3) is 5.41. The van der Waals surface area contributed by atoms with Crippen LogP contribution in [0.25, 0.3) is 0 Å². The van der Waals surface area contributed by atoms with Crippen molar-refractivity contribution >= 4 is 0 Å². The van der Waals surface area contributed by atoms with Crippen LogP contribution in [0.3, 0.4) is 0 Å². The molecule has 114 valence electrons. The Bertz CT molecular complexity index is 243. The van der Waals surface area contributed by atoms with Crippen molar-refractivity contribution in [3.05, 3.63) is 0 Å². The summed E-state index contributed by atoms with van der Waals surface area (Å²) < 4.78 is 0. The quantitative estimate of drug-likeness (QED) is 0.665. The predicted octanol–water partition coefficient (Wildman–Crippen LogP) is 2.50. The van der Waals surface area contributed by atoms with Crippen LogP contribution >= 0.6 is 0 Å². The Kier molecular flexibility index (Phi) is 7.33. The molecule has 1 aliphatic carbocycles.